The number of hydrogen-bond acceptors (Lipinski definition) is 3. The first-order chi connectivity index (χ1) is 9.76. The molecule has 2 aromatic carbocycles. The second-order valence-corrected chi connectivity index (χ2v) is 4.55. The molecule has 0 aliphatic carbocycles. The van der Waals surface area contributed by atoms with Crippen molar-refractivity contribution in [2.24, 2.45) is 0 Å². The van der Waals surface area contributed by atoms with Crippen LogP contribution in [0, 0.1) is 6.92 Å². The van der Waals surface area contributed by atoms with Gasteiger partial charge in [0.2, 0.25) is 0 Å². The number of methoxy groups -OCH3 is 1. The minimum absolute atomic E-state index is 0.482. The lowest BCUT2D eigenvalue weighted by molar-refractivity contribution is 0.112. The number of carbonyl (C=O) groups excluding carboxylic acids is 1. The molecule has 0 unspecified atom stereocenters. The van der Waals surface area contributed by atoms with Crippen LogP contribution < -0.4 is 4.74 Å². The number of hydrogen-bond donors (Lipinski definition) is 0. The fourth-order valence-corrected chi connectivity index (χ4v) is 2.06. The molecule has 0 N–H and O–H groups in total. The van der Waals surface area contributed by atoms with Gasteiger partial charge in [-0.15, -0.1) is 0 Å². The van der Waals surface area contributed by atoms with Gasteiger partial charge < -0.3 is 9.47 Å². The molecule has 0 aromatic heterocycles. The first-order valence-corrected chi connectivity index (χ1v) is 6.53. The van der Waals surface area contributed by atoms with Crippen LogP contribution in [0.4, 0.5) is 0 Å². The van der Waals surface area contributed by atoms with E-state index < -0.39 is 0 Å². The standard InChI is InChI=1S/C17H18O3/c1-13-7-8-14(12-18)16(11-13)15-5-3-4-6-17(15)20-10-9-19-2/h3-8,11-12H,9-10H2,1-2H3. The average molecular weight is 270 g/mol. The van der Waals surface area contributed by atoms with E-state index in [4.69, 9.17) is 9.47 Å². The van der Waals surface area contributed by atoms with Gasteiger partial charge in [0.25, 0.3) is 0 Å². The van der Waals surface area contributed by atoms with Crippen molar-refractivity contribution in [3.63, 3.8) is 0 Å². The van der Waals surface area contributed by atoms with E-state index >= 15 is 0 Å². The molecular formula is C17H18O3. The number of aldehydes is 1. The largest absolute Gasteiger partial charge is 0.491 e. The van der Waals surface area contributed by atoms with Crippen molar-refractivity contribution in [1.82, 2.24) is 0 Å². The van der Waals surface area contributed by atoms with E-state index in [1.165, 1.54) is 0 Å². The second kappa shape index (κ2) is 6.87. The summed E-state index contributed by atoms with van der Waals surface area (Å²) in [5.41, 5.74) is 3.60. The van der Waals surface area contributed by atoms with E-state index in [0.29, 0.717) is 18.8 Å². The molecule has 2 aromatic rings. The smallest absolute Gasteiger partial charge is 0.150 e. The van der Waals surface area contributed by atoms with E-state index in [0.717, 1.165) is 28.7 Å². The van der Waals surface area contributed by atoms with Gasteiger partial charge in [-0.25, -0.2) is 0 Å². The van der Waals surface area contributed by atoms with E-state index in [1.54, 1.807) is 7.11 Å². The predicted octanol–water partition coefficient (Wildman–Crippen LogP) is 3.50. The summed E-state index contributed by atoms with van der Waals surface area (Å²) in [6.45, 7) is 3.02. The zero-order valence-electron chi connectivity index (χ0n) is 11.8. The van der Waals surface area contributed by atoms with Gasteiger partial charge in [-0.1, -0.05) is 42.0 Å². The molecule has 0 radical (unpaired) electrons. The van der Waals surface area contributed by atoms with Gasteiger partial charge in [0.05, 0.1) is 6.61 Å². The lowest BCUT2D eigenvalue weighted by Gasteiger charge is -2.13. The molecular weight excluding hydrogens is 252 g/mol. The molecule has 0 amide bonds. The molecule has 0 atom stereocenters. The number of para-hydroxylation sites is 1. The molecule has 0 aliphatic rings. The molecule has 0 spiro atoms. The Hall–Kier alpha value is -2.13. The first kappa shape index (κ1) is 14.3. The van der Waals surface area contributed by atoms with Crippen LogP contribution in [0.1, 0.15) is 15.9 Å². The van der Waals surface area contributed by atoms with Crippen molar-refractivity contribution in [3.8, 4) is 16.9 Å². The molecule has 3 heteroatoms. The Kier molecular flexibility index (Phi) is 4.91. The van der Waals surface area contributed by atoms with Gasteiger partial charge in [-0.3, -0.25) is 4.79 Å². The Bertz CT molecular complexity index is 591. The second-order valence-electron chi connectivity index (χ2n) is 4.55. The zero-order chi connectivity index (χ0) is 14.4. The molecule has 3 nitrogen and oxygen atoms in total. The van der Waals surface area contributed by atoms with Crippen molar-refractivity contribution in [1.29, 1.82) is 0 Å². The SMILES string of the molecule is COCCOc1ccccc1-c1cc(C)ccc1C=O. The van der Waals surface area contributed by atoms with E-state index in [2.05, 4.69) is 0 Å². The topological polar surface area (TPSA) is 35.5 Å². The van der Waals surface area contributed by atoms with E-state index in [9.17, 15) is 4.79 Å². The predicted molar refractivity (Wildman–Crippen MR) is 79.4 cm³/mol. The summed E-state index contributed by atoms with van der Waals surface area (Å²) in [4.78, 5) is 11.2. The fraction of sp³-hybridized carbons (Fsp3) is 0.235. The van der Waals surface area contributed by atoms with Gasteiger partial charge in [0.15, 0.2) is 6.29 Å². The fourth-order valence-electron chi connectivity index (χ4n) is 2.06. The van der Waals surface area contributed by atoms with Crippen LogP contribution in [0.5, 0.6) is 5.75 Å². The average Bonchev–Trinajstić information content (AvgIpc) is 2.48. The molecule has 0 fully saturated rings. The Morgan fingerprint density at radius 3 is 2.60 bits per heavy atom. The molecule has 0 heterocycles. The molecule has 0 aliphatic heterocycles. The maximum atomic E-state index is 11.2. The summed E-state index contributed by atoms with van der Waals surface area (Å²) in [6.07, 6.45) is 0.876. The van der Waals surface area contributed by atoms with Gasteiger partial charge in [-0.05, 0) is 18.6 Å². The van der Waals surface area contributed by atoms with Gasteiger partial charge in [0.1, 0.15) is 12.4 Å². The summed E-state index contributed by atoms with van der Waals surface area (Å²) >= 11 is 0. The highest BCUT2D eigenvalue weighted by atomic mass is 16.5. The van der Waals surface area contributed by atoms with E-state index in [-0.39, 0.29) is 0 Å². The highest BCUT2D eigenvalue weighted by Crippen LogP contribution is 2.32. The lowest BCUT2D eigenvalue weighted by atomic mass is 9.97. The maximum Gasteiger partial charge on any atom is 0.150 e. The van der Waals surface area contributed by atoms with Crippen LogP contribution in [0.25, 0.3) is 11.1 Å². The Morgan fingerprint density at radius 2 is 1.85 bits per heavy atom. The highest BCUT2D eigenvalue weighted by molar-refractivity contribution is 5.89. The summed E-state index contributed by atoms with van der Waals surface area (Å²) < 4.78 is 10.7. The third kappa shape index (κ3) is 3.25. The van der Waals surface area contributed by atoms with Crippen molar-refractivity contribution in [2.75, 3.05) is 20.3 Å². The van der Waals surface area contributed by atoms with Crippen molar-refractivity contribution in [2.45, 2.75) is 6.92 Å². The van der Waals surface area contributed by atoms with Crippen molar-refractivity contribution < 1.29 is 14.3 Å². The molecule has 2 rings (SSSR count). The van der Waals surface area contributed by atoms with Crippen LogP contribution >= 0.6 is 0 Å². The van der Waals surface area contributed by atoms with E-state index in [1.807, 2.05) is 49.4 Å². The zero-order valence-corrected chi connectivity index (χ0v) is 11.8. The quantitative estimate of drug-likeness (QED) is 0.595. The van der Waals surface area contributed by atoms with Crippen LogP contribution in [0.3, 0.4) is 0 Å². The molecule has 104 valence electrons. The van der Waals surface area contributed by atoms with Gasteiger partial charge in [0, 0.05) is 18.2 Å². The third-order valence-electron chi connectivity index (χ3n) is 3.06. The summed E-state index contributed by atoms with van der Waals surface area (Å²) in [7, 11) is 1.64. The van der Waals surface area contributed by atoms with Crippen molar-refractivity contribution in [3.05, 3.63) is 53.6 Å². The minimum atomic E-state index is 0.482. The third-order valence-corrected chi connectivity index (χ3v) is 3.06. The van der Waals surface area contributed by atoms with Crippen LogP contribution in [0.15, 0.2) is 42.5 Å². The molecule has 0 saturated carbocycles. The Morgan fingerprint density at radius 1 is 1.05 bits per heavy atom. The first-order valence-electron chi connectivity index (χ1n) is 6.53. The number of carbonyl (C=O) groups is 1. The number of ether oxygens (including phenoxy) is 2. The maximum absolute atomic E-state index is 11.2. The monoisotopic (exact) mass is 270 g/mol. The number of aryl methyl sites for hydroxylation is 1. The van der Waals surface area contributed by atoms with Crippen molar-refractivity contribution >= 4 is 6.29 Å². The summed E-state index contributed by atoms with van der Waals surface area (Å²) in [5, 5.41) is 0. The Balaban J connectivity index is 2.41. The number of rotatable bonds is 6. The van der Waals surface area contributed by atoms with Gasteiger partial charge in [-0.2, -0.15) is 0 Å². The summed E-state index contributed by atoms with van der Waals surface area (Å²) in [5.74, 6) is 0.762. The Labute approximate surface area is 119 Å². The molecule has 0 bridgehead atoms. The van der Waals surface area contributed by atoms with Crippen LogP contribution in [-0.2, 0) is 4.74 Å². The van der Waals surface area contributed by atoms with Crippen LogP contribution in [-0.4, -0.2) is 26.6 Å². The molecule has 0 saturated heterocycles. The minimum Gasteiger partial charge on any atom is -0.491 e. The van der Waals surface area contributed by atoms with Gasteiger partial charge >= 0.3 is 0 Å². The lowest BCUT2D eigenvalue weighted by Crippen LogP contribution is -2.05. The normalized spacial score (nSPS) is 10.3. The number of benzene rings is 2. The van der Waals surface area contributed by atoms with Crippen LogP contribution in [0.2, 0.25) is 0 Å². The summed E-state index contributed by atoms with van der Waals surface area (Å²) in [6, 6.07) is 13.5. The highest BCUT2D eigenvalue weighted by Gasteiger charge is 2.10. The molecule has 20 heavy (non-hydrogen) atoms.